The molecule has 0 aliphatic heterocycles. The molecule has 1 aromatic carbocycles. The lowest BCUT2D eigenvalue weighted by molar-refractivity contribution is 0.0909. The second-order valence-corrected chi connectivity index (χ2v) is 10.3. The smallest absolute Gasteiger partial charge is 0.251 e. The lowest BCUT2D eigenvalue weighted by Gasteiger charge is -2.26. The molecule has 2 heterocycles. The summed E-state index contributed by atoms with van der Waals surface area (Å²) in [6.45, 7) is 10.6. The number of nitrogens with one attached hydrogen (secondary N) is 2. The molecule has 158 valence electrons. The molecule has 2 N–H and O–H groups in total. The van der Waals surface area contributed by atoms with Crippen molar-refractivity contribution in [1.82, 2.24) is 15.3 Å². The average Bonchev–Trinajstić information content (AvgIpc) is 3.14. The maximum atomic E-state index is 12.9. The summed E-state index contributed by atoms with van der Waals surface area (Å²) in [5.41, 5.74) is 1.70. The summed E-state index contributed by atoms with van der Waals surface area (Å²) in [5, 5.41) is 7.22. The molecule has 0 spiro atoms. The number of rotatable bonds is 8. The van der Waals surface area contributed by atoms with E-state index in [9.17, 15) is 4.79 Å². The Morgan fingerprint density at radius 1 is 1.07 bits per heavy atom. The van der Waals surface area contributed by atoms with E-state index in [1.165, 1.54) is 0 Å². The van der Waals surface area contributed by atoms with Crippen molar-refractivity contribution in [2.75, 3.05) is 5.32 Å². The van der Waals surface area contributed by atoms with Gasteiger partial charge in [0, 0.05) is 22.7 Å². The highest BCUT2D eigenvalue weighted by Gasteiger charge is 2.21. The third-order valence-electron chi connectivity index (χ3n) is 4.79. The van der Waals surface area contributed by atoms with Crippen LogP contribution in [0.3, 0.4) is 0 Å². The van der Waals surface area contributed by atoms with Crippen LogP contribution < -0.4 is 10.6 Å². The molecule has 0 unspecified atom stereocenters. The largest absolute Gasteiger partial charge is 0.349 e. The first-order chi connectivity index (χ1) is 14.3. The Morgan fingerprint density at radius 2 is 1.83 bits per heavy atom. The number of aromatic nitrogens is 2. The summed E-state index contributed by atoms with van der Waals surface area (Å²) >= 11 is 3.17. The summed E-state index contributed by atoms with van der Waals surface area (Å²) in [6.07, 6.45) is 3.58. The number of carbonyl (C=O) groups is 1. The lowest BCUT2D eigenvalue weighted by Crippen LogP contribution is -2.42. The van der Waals surface area contributed by atoms with Crippen molar-refractivity contribution in [3.63, 3.8) is 0 Å². The maximum Gasteiger partial charge on any atom is 0.251 e. The van der Waals surface area contributed by atoms with Gasteiger partial charge in [-0.3, -0.25) is 4.79 Å². The molecule has 0 bridgehead atoms. The van der Waals surface area contributed by atoms with Gasteiger partial charge < -0.3 is 10.6 Å². The minimum atomic E-state index is -0.0100. The molecule has 0 saturated carbocycles. The second kappa shape index (κ2) is 10.1. The standard InChI is InChI=1S/C23H28N4OS2/c1-14(2)21(15(3)4)27-22(28)18-12-17(10-9-16(18)5)29-20-13-25-23(30-20)26-19-8-6-7-11-24-19/h6-15,21H,1-5H3,(H,27,28)(H,24,25,26). The number of anilines is 2. The molecule has 3 rings (SSSR count). The predicted molar refractivity (Wildman–Crippen MR) is 126 cm³/mol. The van der Waals surface area contributed by atoms with Crippen LogP contribution in [0.15, 0.2) is 57.9 Å². The molecule has 0 fully saturated rings. The van der Waals surface area contributed by atoms with E-state index in [1.54, 1.807) is 29.3 Å². The summed E-state index contributed by atoms with van der Waals surface area (Å²) < 4.78 is 1.05. The van der Waals surface area contributed by atoms with Crippen molar-refractivity contribution in [2.24, 2.45) is 11.8 Å². The third kappa shape index (κ3) is 5.83. The number of thiazole rings is 1. The van der Waals surface area contributed by atoms with E-state index in [2.05, 4.69) is 48.3 Å². The van der Waals surface area contributed by atoms with E-state index in [1.807, 2.05) is 49.5 Å². The highest BCUT2D eigenvalue weighted by Crippen LogP contribution is 2.35. The first-order valence-electron chi connectivity index (χ1n) is 10.1. The van der Waals surface area contributed by atoms with Gasteiger partial charge in [0.15, 0.2) is 5.13 Å². The zero-order valence-corrected chi connectivity index (χ0v) is 19.6. The zero-order valence-electron chi connectivity index (χ0n) is 18.0. The van der Waals surface area contributed by atoms with Crippen molar-refractivity contribution < 1.29 is 4.79 Å². The Balaban J connectivity index is 1.71. The molecule has 0 radical (unpaired) electrons. The molecule has 3 aromatic rings. The van der Waals surface area contributed by atoms with Crippen LogP contribution in [-0.4, -0.2) is 21.9 Å². The van der Waals surface area contributed by atoms with Crippen LogP contribution in [0.5, 0.6) is 0 Å². The van der Waals surface area contributed by atoms with E-state index in [0.717, 1.165) is 31.2 Å². The van der Waals surface area contributed by atoms with Gasteiger partial charge in [-0.1, -0.05) is 62.9 Å². The quantitative estimate of drug-likeness (QED) is 0.440. The monoisotopic (exact) mass is 440 g/mol. The minimum Gasteiger partial charge on any atom is -0.349 e. The summed E-state index contributed by atoms with van der Waals surface area (Å²) in [4.78, 5) is 22.7. The van der Waals surface area contributed by atoms with Crippen LogP contribution >= 0.6 is 23.1 Å². The topological polar surface area (TPSA) is 66.9 Å². The number of benzene rings is 1. The van der Waals surface area contributed by atoms with Crippen molar-refractivity contribution in [3.05, 3.63) is 59.9 Å². The molecule has 0 aliphatic rings. The van der Waals surface area contributed by atoms with E-state index in [-0.39, 0.29) is 11.9 Å². The normalized spacial score (nSPS) is 11.3. The van der Waals surface area contributed by atoms with E-state index >= 15 is 0 Å². The van der Waals surface area contributed by atoms with E-state index in [0.29, 0.717) is 11.8 Å². The molecule has 0 saturated heterocycles. The fourth-order valence-electron chi connectivity index (χ4n) is 3.27. The average molecular weight is 441 g/mol. The van der Waals surface area contributed by atoms with Gasteiger partial charge in [-0.25, -0.2) is 9.97 Å². The van der Waals surface area contributed by atoms with Crippen LogP contribution in [0.2, 0.25) is 0 Å². The third-order valence-corrected chi connectivity index (χ3v) is 6.79. The van der Waals surface area contributed by atoms with Crippen LogP contribution in [0.25, 0.3) is 0 Å². The lowest BCUT2D eigenvalue weighted by atomic mass is 9.93. The Bertz CT molecular complexity index is 978. The van der Waals surface area contributed by atoms with E-state index in [4.69, 9.17) is 0 Å². The Labute approximate surface area is 186 Å². The van der Waals surface area contributed by atoms with Crippen molar-refractivity contribution in [2.45, 2.75) is 49.8 Å². The molecule has 30 heavy (non-hydrogen) atoms. The zero-order chi connectivity index (χ0) is 21.7. The highest BCUT2D eigenvalue weighted by molar-refractivity contribution is 8.01. The van der Waals surface area contributed by atoms with E-state index < -0.39 is 0 Å². The first-order valence-corrected chi connectivity index (χ1v) is 11.7. The molecule has 0 aliphatic carbocycles. The Kier molecular flexibility index (Phi) is 7.50. The molecular weight excluding hydrogens is 412 g/mol. The first kappa shape index (κ1) is 22.3. The van der Waals surface area contributed by atoms with Gasteiger partial charge in [0.25, 0.3) is 5.91 Å². The molecule has 2 aromatic heterocycles. The van der Waals surface area contributed by atoms with Gasteiger partial charge in [0.2, 0.25) is 0 Å². The van der Waals surface area contributed by atoms with Gasteiger partial charge in [-0.15, -0.1) is 0 Å². The molecular formula is C23H28N4OS2. The summed E-state index contributed by atoms with van der Waals surface area (Å²) in [7, 11) is 0. The summed E-state index contributed by atoms with van der Waals surface area (Å²) in [6, 6.07) is 11.9. The molecule has 5 nitrogen and oxygen atoms in total. The number of hydrogen-bond acceptors (Lipinski definition) is 6. The maximum absolute atomic E-state index is 12.9. The molecule has 7 heteroatoms. The molecule has 0 atom stereocenters. The number of amides is 1. The van der Waals surface area contributed by atoms with Crippen molar-refractivity contribution in [1.29, 1.82) is 0 Å². The van der Waals surface area contributed by atoms with Gasteiger partial charge in [-0.05, 0) is 48.6 Å². The number of carbonyl (C=O) groups excluding carboxylic acids is 1. The number of aryl methyl sites for hydroxylation is 1. The van der Waals surface area contributed by atoms with Gasteiger partial charge >= 0.3 is 0 Å². The van der Waals surface area contributed by atoms with Gasteiger partial charge in [-0.2, -0.15) is 0 Å². The van der Waals surface area contributed by atoms with Gasteiger partial charge in [0.1, 0.15) is 5.82 Å². The van der Waals surface area contributed by atoms with Crippen molar-refractivity contribution in [3.8, 4) is 0 Å². The SMILES string of the molecule is Cc1ccc(Sc2cnc(Nc3ccccn3)s2)cc1C(=O)NC(C(C)C)C(C)C. The minimum absolute atomic E-state index is 0.0100. The number of hydrogen-bond donors (Lipinski definition) is 2. The Hall–Kier alpha value is -2.38. The number of pyridine rings is 1. The Morgan fingerprint density at radius 3 is 2.50 bits per heavy atom. The van der Waals surface area contributed by atoms with Crippen LogP contribution in [0, 0.1) is 18.8 Å². The fraction of sp³-hybridized carbons (Fsp3) is 0.348. The van der Waals surface area contributed by atoms with Crippen LogP contribution in [-0.2, 0) is 0 Å². The van der Waals surface area contributed by atoms with Gasteiger partial charge in [0.05, 0.1) is 10.4 Å². The molecule has 1 amide bonds. The highest BCUT2D eigenvalue weighted by atomic mass is 32.2. The fourth-order valence-corrected chi connectivity index (χ4v) is 5.17. The number of nitrogens with zero attached hydrogens (tertiary/aromatic N) is 2. The second-order valence-electron chi connectivity index (χ2n) is 7.89. The van der Waals surface area contributed by atoms with Crippen LogP contribution in [0.4, 0.5) is 10.9 Å². The van der Waals surface area contributed by atoms with Crippen molar-refractivity contribution >= 4 is 40.0 Å². The van der Waals surface area contributed by atoms with Crippen LogP contribution in [0.1, 0.15) is 43.6 Å². The summed E-state index contributed by atoms with van der Waals surface area (Å²) in [5.74, 6) is 1.52. The predicted octanol–water partition coefficient (Wildman–Crippen LogP) is 6.15.